The minimum absolute atomic E-state index is 0.185. The largest absolute Gasteiger partial charge is 0.394 e. The Kier molecular flexibility index (Phi) is 60.5. The lowest BCUT2D eigenvalue weighted by atomic mass is 9.99. The van der Waals surface area contributed by atoms with E-state index in [1.165, 1.54) is 173 Å². The summed E-state index contributed by atoms with van der Waals surface area (Å²) in [5, 5.41) is 54.8. The molecular weight excluding hydrogens is 1070 g/mol. The van der Waals surface area contributed by atoms with Crippen LogP contribution >= 0.6 is 0 Å². The monoisotopic (exact) mass is 1200 g/mol. The number of aliphatic hydroxyl groups excluding tert-OH is 5. The third kappa shape index (κ3) is 52.5. The Hall–Kier alpha value is -3.41. The fourth-order valence-corrected chi connectivity index (χ4v) is 10.7. The zero-order valence-electron chi connectivity index (χ0n) is 55.3. The number of nitrogens with one attached hydrogen (secondary N) is 1. The van der Waals surface area contributed by atoms with Crippen molar-refractivity contribution in [3.05, 3.63) is 122 Å². The van der Waals surface area contributed by atoms with Crippen molar-refractivity contribution in [3.63, 3.8) is 0 Å². The van der Waals surface area contributed by atoms with E-state index in [-0.39, 0.29) is 12.5 Å². The summed E-state index contributed by atoms with van der Waals surface area (Å²) in [5.41, 5.74) is 0. The summed E-state index contributed by atoms with van der Waals surface area (Å²) in [7, 11) is 0. The molecule has 0 spiro atoms. The van der Waals surface area contributed by atoms with Gasteiger partial charge in [0.25, 0.3) is 0 Å². The molecule has 0 aliphatic carbocycles. The van der Waals surface area contributed by atoms with Gasteiger partial charge in [0.15, 0.2) is 6.29 Å². The first kappa shape index (κ1) is 80.6. The second-order valence-electron chi connectivity index (χ2n) is 24.3. The smallest absolute Gasteiger partial charge is 0.220 e. The molecule has 1 saturated heterocycles. The molecule has 1 fully saturated rings. The highest BCUT2D eigenvalue weighted by Gasteiger charge is 2.44. The van der Waals surface area contributed by atoms with Crippen molar-refractivity contribution in [3.8, 4) is 0 Å². The van der Waals surface area contributed by atoms with Gasteiger partial charge in [-0.05, 0) is 89.9 Å². The molecule has 86 heavy (non-hydrogen) atoms. The van der Waals surface area contributed by atoms with Crippen molar-refractivity contribution >= 4 is 5.91 Å². The molecule has 1 amide bonds. The molecule has 0 aromatic carbocycles. The number of carbonyl (C=O) groups is 1. The summed E-state index contributed by atoms with van der Waals surface area (Å²) < 4.78 is 11.3. The van der Waals surface area contributed by atoms with Gasteiger partial charge >= 0.3 is 0 Å². The maximum absolute atomic E-state index is 13.1. The number of carbonyl (C=O) groups excluding carboxylic acids is 1. The molecule has 0 saturated carbocycles. The maximum Gasteiger partial charge on any atom is 0.220 e. The highest BCUT2D eigenvalue weighted by Crippen LogP contribution is 2.23. The van der Waals surface area contributed by atoms with Crippen molar-refractivity contribution in [2.45, 2.75) is 346 Å². The molecule has 494 valence electrons. The van der Waals surface area contributed by atoms with Crippen LogP contribution in [0.5, 0.6) is 0 Å². The molecule has 0 aromatic heterocycles. The molecule has 7 unspecified atom stereocenters. The number of unbranched alkanes of at least 4 members (excludes halogenated alkanes) is 33. The Morgan fingerprint density at radius 2 is 0.721 bits per heavy atom. The van der Waals surface area contributed by atoms with Gasteiger partial charge in [-0.15, -0.1) is 0 Å². The molecule has 1 aliphatic rings. The van der Waals surface area contributed by atoms with Gasteiger partial charge in [-0.3, -0.25) is 4.79 Å². The summed E-state index contributed by atoms with van der Waals surface area (Å²) in [6.07, 6.45) is 90.1. The van der Waals surface area contributed by atoms with Crippen LogP contribution < -0.4 is 5.32 Å². The lowest BCUT2D eigenvalue weighted by Gasteiger charge is -2.40. The minimum atomic E-state index is -1.58. The Balaban J connectivity index is 2.16. The van der Waals surface area contributed by atoms with Crippen LogP contribution in [-0.2, 0) is 14.3 Å². The number of rotatable bonds is 61. The summed E-state index contributed by atoms with van der Waals surface area (Å²) in [6, 6.07) is -0.818. The van der Waals surface area contributed by atoms with E-state index in [1.807, 2.05) is 6.08 Å². The van der Waals surface area contributed by atoms with E-state index in [9.17, 15) is 30.3 Å². The maximum atomic E-state index is 13.1. The Morgan fingerprint density at radius 3 is 1.07 bits per heavy atom. The predicted molar refractivity (Wildman–Crippen MR) is 368 cm³/mol. The summed E-state index contributed by atoms with van der Waals surface area (Å²) in [6.45, 7) is 3.69. The number of allylic oxidation sites excluding steroid dienone is 19. The summed E-state index contributed by atoms with van der Waals surface area (Å²) >= 11 is 0. The molecule has 0 radical (unpaired) electrons. The first-order chi connectivity index (χ1) is 42.3. The molecule has 0 aromatic rings. The first-order valence-corrected chi connectivity index (χ1v) is 35.8. The van der Waals surface area contributed by atoms with Crippen LogP contribution in [0.3, 0.4) is 0 Å². The standard InChI is InChI=1S/C77H133NO8/c1-3-5-7-9-11-13-15-17-19-21-23-25-27-29-31-32-33-34-35-36-37-38-39-40-41-43-45-47-49-51-53-55-57-59-61-63-65-67-73(81)78-70(69-85-77-76(84)75(83)74(82)72(68-79)86-77)71(80)66-64-62-60-58-56-54-52-50-48-46-44-42-30-28-26-24-22-20-18-16-14-12-10-8-6-4-2/h5,7,11,13,17,19,23,25,29,31,33-34,36-37,39-40,43,45,64,66,70-72,74-77,79-80,82-84H,3-4,6,8-10,12,14-16,18,20-22,24,26-28,30,32,35,38,41-42,44,46-63,65,67-69H2,1-2H3,(H,78,81)/b7-5-,13-11-,19-17-,25-23-,31-29-,34-33-,37-36-,40-39-,45-43-,66-64+. The molecule has 9 heteroatoms. The van der Waals surface area contributed by atoms with Crippen LogP contribution in [0.25, 0.3) is 0 Å². The van der Waals surface area contributed by atoms with Gasteiger partial charge in [0.1, 0.15) is 24.4 Å². The van der Waals surface area contributed by atoms with Crippen molar-refractivity contribution in [1.29, 1.82) is 0 Å². The van der Waals surface area contributed by atoms with Crippen molar-refractivity contribution in [2.24, 2.45) is 0 Å². The lowest BCUT2D eigenvalue weighted by Crippen LogP contribution is -2.60. The topological polar surface area (TPSA) is 149 Å². The van der Waals surface area contributed by atoms with E-state index in [2.05, 4.69) is 129 Å². The van der Waals surface area contributed by atoms with E-state index < -0.39 is 49.5 Å². The van der Waals surface area contributed by atoms with Gasteiger partial charge in [0.05, 0.1) is 25.4 Å². The van der Waals surface area contributed by atoms with Gasteiger partial charge in [-0.25, -0.2) is 0 Å². The number of ether oxygens (including phenoxy) is 2. The Bertz CT molecular complexity index is 1780. The minimum Gasteiger partial charge on any atom is -0.394 e. The molecule has 1 rings (SSSR count). The molecular formula is C77H133NO8. The van der Waals surface area contributed by atoms with E-state index >= 15 is 0 Å². The third-order valence-corrected chi connectivity index (χ3v) is 16.3. The fraction of sp³-hybridized carbons (Fsp3) is 0.727. The van der Waals surface area contributed by atoms with Crippen molar-refractivity contribution in [2.75, 3.05) is 13.2 Å². The highest BCUT2D eigenvalue weighted by atomic mass is 16.7. The Morgan fingerprint density at radius 1 is 0.407 bits per heavy atom. The molecule has 0 bridgehead atoms. The number of hydrogen-bond donors (Lipinski definition) is 6. The summed E-state index contributed by atoms with van der Waals surface area (Å²) in [5.74, 6) is -0.185. The molecule has 9 nitrogen and oxygen atoms in total. The van der Waals surface area contributed by atoms with Gasteiger partial charge < -0.3 is 40.3 Å². The first-order valence-electron chi connectivity index (χ1n) is 35.8. The quantitative estimate of drug-likeness (QED) is 0.0261. The van der Waals surface area contributed by atoms with E-state index in [4.69, 9.17) is 9.47 Å². The summed E-state index contributed by atoms with van der Waals surface area (Å²) in [4.78, 5) is 13.1. The van der Waals surface area contributed by atoms with E-state index in [0.29, 0.717) is 6.42 Å². The van der Waals surface area contributed by atoms with Crippen LogP contribution in [0.15, 0.2) is 122 Å². The van der Waals surface area contributed by atoms with Gasteiger partial charge in [0.2, 0.25) is 5.91 Å². The Labute approximate surface area is 528 Å². The fourth-order valence-electron chi connectivity index (χ4n) is 10.7. The van der Waals surface area contributed by atoms with Crippen molar-refractivity contribution in [1.82, 2.24) is 5.32 Å². The number of amides is 1. The van der Waals surface area contributed by atoms with Crippen LogP contribution in [0.4, 0.5) is 0 Å². The number of aliphatic hydroxyl groups is 5. The average Bonchev–Trinajstić information content (AvgIpc) is 2.44. The zero-order chi connectivity index (χ0) is 62.1. The highest BCUT2D eigenvalue weighted by molar-refractivity contribution is 5.76. The zero-order valence-corrected chi connectivity index (χ0v) is 55.3. The van der Waals surface area contributed by atoms with Crippen LogP contribution in [0, 0.1) is 0 Å². The van der Waals surface area contributed by atoms with Gasteiger partial charge in [-0.1, -0.05) is 328 Å². The predicted octanol–water partition coefficient (Wildman–Crippen LogP) is 19.8. The second kappa shape index (κ2) is 64.6. The normalized spacial score (nSPS) is 18.8. The van der Waals surface area contributed by atoms with Crippen LogP contribution in [0.1, 0.15) is 303 Å². The third-order valence-electron chi connectivity index (χ3n) is 16.3. The molecule has 1 aliphatic heterocycles. The van der Waals surface area contributed by atoms with E-state index in [0.717, 1.165) is 109 Å². The lowest BCUT2D eigenvalue weighted by molar-refractivity contribution is -0.302. The molecule has 7 atom stereocenters. The van der Waals surface area contributed by atoms with Gasteiger partial charge in [0, 0.05) is 6.42 Å². The van der Waals surface area contributed by atoms with Crippen LogP contribution in [0.2, 0.25) is 0 Å². The SMILES string of the molecule is CC/C=C\C/C=C\C/C=C\C/C=C\C/C=C\C/C=C\C/C=C\C/C=C\C/C=C\CCCCCCCCCCCC(=O)NC(COC1OC(CO)C(O)C(O)C1O)C(O)/C=C/CCCCCCCCCCCCCCCCCCCCCCCCCC. The number of hydrogen-bond acceptors (Lipinski definition) is 8. The average molecular weight is 1200 g/mol. The van der Waals surface area contributed by atoms with E-state index in [1.54, 1.807) is 6.08 Å². The molecule has 6 N–H and O–H groups in total. The van der Waals surface area contributed by atoms with Gasteiger partial charge in [-0.2, -0.15) is 0 Å². The second-order valence-corrected chi connectivity index (χ2v) is 24.3. The van der Waals surface area contributed by atoms with Crippen molar-refractivity contribution < 1.29 is 39.8 Å². The van der Waals surface area contributed by atoms with Crippen LogP contribution in [-0.4, -0.2) is 87.5 Å². The molecule has 1 heterocycles.